The molecule has 6 heterocycles. The average Bonchev–Trinajstić information content (AvgIpc) is 3.21. The van der Waals surface area contributed by atoms with Crippen molar-refractivity contribution in [3.63, 3.8) is 0 Å². The topological polar surface area (TPSA) is 178 Å². The van der Waals surface area contributed by atoms with Crippen molar-refractivity contribution >= 4 is 46.5 Å². The molecule has 0 saturated carbocycles. The number of benzene rings is 4. The lowest BCUT2D eigenvalue weighted by Gasteiger charge is -2.33. The number of hydrogen-bond donors (Lipinski definition) is 5. The highest BCUT2D eigenvalue weighted by Crippen LogP contribution is 2.24. The van der Waals surface area contributed by atoms with Gasteiger partial charge >= 0.3 is 0 Å². The van der Waals surface area contributed by atoms with E-state index in [0.717, 1.165) is 28.7 Å². The Morgan fingerprint density at radius 1 is 0.690 bits per heavy atom. The molecule has 0 aliphatic carbocycles. The van der Waals surface area contributed by atoms with E-state index in [1.54, 1.807) is 36.4 Å². The summed E-state index contributed by atoms with van der Waals surface area (Å²) in [5.74, 6) is -2.18. The van der Waals surface area contributed by atoms with Gasteiger partial charge in [-0.25, -0.2) is 0 Å². The zero-order valence-electron chi connectivity index (χ0n) is 32.9. The summed E-state index contributed by atoms with van der Waals surface area (Å²) >= 11 is 0. The smallest absolute Gasteiger partial charge is 0.238 e. The van der Waals surface area contributed by atoms with Crippen molar-refractivity contribution in [2.45, 2.75) is 51.5 Å². The first-order valence-electron chi connectivity index (χ1n) is 20.1. The van der Waals surface area contributed by atoms with Crippen LogP contribution in [0.4, 0.5) is 11.4 Å². The largest absolute Gasteiger partial charge is 0.384 e. The number of anilines is 2. The maximum absolute atomic E-state index is 14.4. The summed E-state index contributed by atoms with van der Waals surface area (Å²) in [6, 6.07) is 31.7. The Morgan fingerprint density at radius 2 is 1.24 bits per heavy atom. The molecule has 0 spiro atoms. The van der Waals surface area contributed by atoms with Crippen molar-refractivity contribution < 1.29 is 24.0 Å². The Balaban J connectivity index is 1.23. The number of nitrogens with one attached hydrogen (secondary N) is 4. The third-order valence-corrected chi connectivity index (χ3v) is 10.9. The molecule has 12 heteroatoms. The summed E-state index contributed by atoms with van der Waals surface area (Å²) in [4.78, 5) is 71.9. The summed E-state index contributed by atoms with van der Waals surface area (Å²) in [5.41, 5.74) is 11.1. The van der Waals surface area contributed by atoms with E-state index in [9.17, 15) is 24.0 Å². The van der Waals surface area contributed by atoms with Crippen LogP contribution in [-0.2, 0) is 49.8 Å². The number of amidine groups is 1. The van der Waals surface area contributed by atoms with Crippen LogP contribution in [0.15, 0.2) is 103 Å². The van der Waals surface area contributed by atoms with Crippen molar-refractivity contribution in [1.29, 1.82) is 5.41 Å². The lowest BCUT2D eigenvalue weighted by Crippen LogP contribution is -2.50. The highest BCUT2D eigenvalue weighted by molar-refractivity contribution is 5.95. The van der Waals surface area contributed by atoms with E-state index in [2.05, 4.69) is 25.8 Å². The molecular weight excluding hydrogens is 731 g/mol. The Bertz CT molecular complexity index is 2050. The van der Waals surface area contributed by atoms with Crippen LogP contribution in [0.25, 0.3) is 0 Å². The zero-order valence-corrected chi connectivity index (χ0v) is 32.9. The van der Waals surface area contributed by atoms with Crippen LogP contribution in [0.3, 0.4) is 0 Å². The summed E-state index contributed by atoms with van der Waals surface area (Å²) in [6.07, 6.45) is 2.34. The molecule has 12 nitrogen and oxygen atoms in total. The predicted molar refractivity (Wildman–Crippen MR) is 225 cm³/mol. The second kappa shape index (κ2) is 20.4. The van der Waals surface area contributed by atoms with Crippen molar-refractivity contribution in [1.82, 2.24) is 15.1 Å². The number of rotatable bonds is 10. The van der Waals surface area contributed by atoms with Gasteiger partial charge in [-0.3, -0.25) is 39.2 Å². The van der Waals surface area contributed by atoms with Gasteiger partial charge in [-0.05, 0) is 72.2 Å². The molecule has 0 unspecified atom stereocenters. The summed E-state index contributed by atoms with van der Waals surface area (Å²) in [5, 5.41) is 16.6. The fourth-order valence-electron chi connectivity index (χ4n) is 7.54. The number of hydrogen-bond acceptors (Lipinski definition) is 8. The summed E-state index contributed by atoms with van der Waals surface area (Å²) in [7, 11) is 0. The van der Waals surface area contributed by atoms with Gasteiger partial charge in [0.1, 0.15) is 17.4 Å². The molecule has 6 N–H and O–H groups in total. The molecule has 6 aliphatic rings. The molecule has 0 radical (unpaired) electrons. The van der Waals surface area contributed by atoms with Gasteiger partial charge in [0.2, 0.25) is 17.7 Å². The second-order valence-electron chi connectivity index (χ2n) is 15.4. The number of Topliss-reactive ketones (excluding diaryl/α,β-unsaturated/α-hetero) is 2. The molecule has 302 valence electrons. The fourth-order valence-corrected chi connectivity index (χ4v) is 7.54. The van der Waals surface area contributed by atoms with E-state index >= 15 is 0 Å². The predicted octanol–water partition coefficient (Wildman–Crippen LogP) is 4.75. The number of aryl methyl sites for hydroxylation is 1. The molecule has 1 saturated heterocycles. The number of ketones is 2. The van der Waals surface area contributed by atoms with Gasteiger partial charge in [-0.1, -0.05) is 78.9 Å². The van der Waals surface area contributed by atoms with Crippen LogP contribution in [0, 0.1) is 17.2 Å². The molecule has 58 heavy (non-hydrogen) atoms. The van der Waals surface area contributed by atoms with E-state index < -0.39 is 11.8 Å². The minimum absolute atomic E-state index is 0.000183. The maximum atomic E-state index is 14.4. The van der Waals surface area contributed by atoms with Gasteiger partial charge in [-0.15, -0.1) is 0 Å². The number of nitrogen functional groups attached to an aromatic ring is 1. The summed E-state index contributed by atoms with van der Waals surface area (Å²) < 4.78 is 0. The number of nitrogens with zero attached hydrogens (tertiary/aromatic N) is 2. The van der Waals surface area contributed by atoms with Crippen LogP contribution in [0.1, 0.15) is 53.5 Å². The Morgan fingerprint density at radius 3 is 1.79 bits per heavy atom. The molecule has 10 rings (SSSR count). The van der Waals surface area contributed by atoms with Gasteiger partial charge in [0, 0.05) is 80.8 Å². The first-order valence-corrected chi connectivity index (χ1v) is 20.1. The molecule has 0 aromatic heterocycles. The van der Waals surface area contributed by atoms with E-state index in [1.807, 2.05) is 66.7 Å². The van der Waals surface area contributed by atoms with Crippen LogP contribution in [0.2, 0.25) is 0 Å². The minimum Gasteiger partial charge on any atom is -0.384 e. The van der Waals surface area contributed by atoms with Crippen LogP contribution >= 0.6 is 0 Å². The van der Waals surface area contributed by atoms with Crippen molar-refractivity contribution in [3.8, 4) is 0 Å². The number of carbonyl (C=O) groups excluding carboxylic acids is 5. The third kappa shape index (κ3) is 12.8. The third-order valence-electron chi connectivity index (χ3n) is 10.9. The van der Waals surface area contributed by atoms with Gasteiger partial charge in [0.15, 0.2) is 0 Å². The van der Waals surface area contributed by atoms with Crippen LogP contribution in [0.5, 0.6) is 0 Å². The number of fused-ring (bicyclic) bond motifs is 1. The molecule has 6 bridgehead atoms. The highest BCUT2D eigenvalue weighted by atomic mass is 16.2. The quantitative estimate of drug-likeness (QED) is 0.113. The van der Waals surface area contributed by atoms with Gasteiger partial charge in [0.05, 0.1) is 13.1 Å². The fraction of sp³-hybridized carbons (Fsp3) is 0.348. The maximum Gasteiger partial charge on any atom is 0.238 e. The minimum atomic E-state index is -0.734. The molecular formula is C46H53N7O5. The van der Waals surface area contributed by atoms with Crippen molar-refractivity contribution in [2.75, 3.05) is 49.9 Å². The van der Waals surface area contributed by atoms with E-state index in [-0.39, 0.29) is 74.0 Å². The van der Waals surface area contributed by atoms with Gasteiger partial charge in [0.25, 0.3) is 0 Å². The Hall–Kier alpha value is -5.98. The molecule has 2 atom stereocenters. The van der Waals surface area contributed by atoms with Gasteiger partial charge in [-0.2, -0.15) is 0 Å². The standard InChI is InChI=1S/C46H53N7O5/c47-45(48)36-15-9-35(10-16-36)29-49-46(58)38-26-34-13-19-40(20-14-34)51-44(57)31-53-23-21-52(22-24-53)30-43(56)50-39-17-11-33(12-18-39)25-37(42(55)28-38)27-41(54)8-4-7-32-5-2-1-3-6-32/h1-3,5-6,9-20,37-38H,4,7-8,21-31H2,(H3,47,48)(H,49,58)(H,50,56)(H,51,57)/t37-,38+/m0/s1. The lowest BCUT2D eigenvalue weighted by molar-refractivity contribution is -0.132. The molecule has 1 fully saturated rings. The van der Waals surface area contributed by atoms with E-state index in [4.69, 9.17) is 11.1 Å². The average molecular weight is 784 g/mol. The number of piperazine rings is 1. The Labute approximate surface area is 340 Å². The van der Waals surface area contributed by atoms with Crippen molar-refractivity contribution in [3.05, 3.63) is 131 Å². The first kappa shape index (κ1) is 41.6. The normalized spacial score (nSPS) is 20.4. The van der Waals surface area contributed by atoms with Crippen LogP contribution in [-0.4, -0.2) is 84.2 Å². The highest BCUT2D eigenvalue weighted by Gasteiger charge is 2.29. The lowest BCUT2D eigenvalue weighted by atomic mass is 9.83. The molecule has 4 aromatic rings. The van der Waals surface area contributed by atoms with E-state index in [1.165, 1.54) is 0 Å². The van der Waals surface area contributed by atoms with Crippen molar-refractivity contribution in [2.24, 2.45) is 17.6 Å². The number of carbonyl (C=O) groups is 5. The Kier molecular flexibility index (Phi) is 14.7. The van der Waals surface area contributed by atoms with Crippen LogP contribution < -0.4 is 21.7 Å². The molecule has 6 aliphatic heterocycles. The molecule has 3 amide bonds. The number of amides is 3. The SMILES string of the molecule is N=C(N)c1ccc(CNC(=O)[C@H]2CC(=O)[C@H](CC(=O)CCCc3ccccc3)Cc3ccc(cc3)NC(=O)CN3CCN(CC3)CC(=O)Nc3ccc(cc3)C2)cc1. The first-order chi connectivity index (χ1) is 28.1. The van der Waals surface area contributed by atoms with Gasteiger partial charge < -0.3 is 21.7 Å². The number of nitrogens with two attached hydrogens (primary N) is 1. The van der Waals surface area contributed by atoms with E-state index in [0.29, 0.717) is 62.4 Å². The summed E-state index contributed by atoms with van der Waals surface area (Å²) in [6.45, 7) is 3.33. The molecule has 4 aromatic carbocycles. The second-order valence-corrected chi connectivity index (χ2v) is 15.4. The monoisotopic (exact) mass is 783 g/mol. The zero-order chi connectivity index (χ0) is 40.9.